The maximum atomic E-state index is 12.6. The predicted molar refractivity (Wildman–Crippen MR) is 105 cm³/mol. The zero-order valence-corrected chi connectivity index (χ0v) is 19.3. The van der Waals surface area contributed by atoms with Gasteiger partial charge in [-0.3, -0.25) is 4.79 Å². The van der Waals surface area contributed by atoms with E-state index in [0.29, 0.717) is 13.0 Å². The van der Waals surface area contributed by atoms with Crippen LogP contribution >= 0.6 is 0 Å². The van der Waals surface area contributed by atoms with E-state index in [0.717, 1.165) is 6.42 Å². The van der Waals surface area contributed by atoms with Crippen LogP contribution < -0.4 is 0 Å². The van der Waals surface area contributed by atoms with Gasteiger partial charge in [-0.2, -0.15) is 0 Å². The quantitative estimate of drug-likeness (QED) is 0.295. The summed E-state index contributed by atoms with van der Waals surface area (Å²) in [6, 6.07) is 0. The number of ether oxygens (including phenoxy) is 4. The van der Waals surface area contributed by atoms with Crippen LogP contribution in [0.4, 0.5) is 0 Å². The van der Waals surface area contributed by atoms with E-state index < -0.39 is 31.0 Å². The molecule has 1 aliphatic carbocycles. The van der Waals surface area contributed by atoms with Gasteiger partial charge in [0, 0.05) is 7.11 Å². The summed E-state index contributed by atoms with van der Waals surface area (Å²) in [6.45, 7) is 13.3. The Bertz CT molecular complexity index is 612. The number of hydrogen-bond acceptors (Lipinski definition) is 7. The number of hydrogen-bond donors (Lipinski definition) is 1. The Morgan fingerprint density at radius 1 is 1.36 bits per heavy atom. The molecule has 0 amide bonds. The van der Waals surface area contributed by atoms with Gasteiger partial charge in [-0.1, -0.05) is 27.7 Å². The first-order valence-corrected chi connectivity index (χ1v) is 13.0. The van der Waals surface area contributed by atoms with Crippen LogP contribution in [-0.2, 0) is 28.2 Å². The summed E-state index contributed by atoms with van der Waals surface area (Å²) in [5.74, 6) is -0.289. The van der Waals surface area contributed by atoms with E-state index in [1.165, 1.54) is 7.11 Å². The normalized spacial score (nSPS) is 39.0. The molecule has 28 heavy (non-hydrogen) atoms. The van der Waals surface area contributed by atoms with Gasteiger partial charge >= 0.3 is 5.97 Å². The molecule has 2 heterocycles. The molecule has 3 fully saturated rings. The van der Waals surface area contributed by atoms with Crippen LogP contribution in [-0.4, -0.2) is 69.9 Å². The molecule has 3 aliphatic rings. The Morgan fingerprint density at radius 2 is 2.00 bits per heavy atom. The van der Waals surface area contributed by atoms with Gasteiger partial charge in [0.05, 0.1) is 31.2 Å². The Hall–Kier alpha value is -0.513. The summed E-state index contributed by atoms with van der Waals surface area (Å²) in [7, 11) is -0.641. The number of rotatable bonds is 7. The number of carbonyl (C=O) groups excluding carboxylic acids is 1. The maximum Gasteiger partial charge on any atom is 0.307 e. The van der Waals surface area contributed by atoms with Gasteiger partial charge in [0.25, 0.3) is 0 Å². The molecule has 0 aromatic carbocycles. The fourth-order valence-electron chi connectivity index (χ4n) is 4.88. The fraction of sp³-hybridized carbons (Fsp3) is 0.950. The monoisotopic (exact) mass is 416 g/mol. The lowest BCUT2D eigenvalue weighted by Gasteiger charge is -2.57. The minimum atomic E-state index is -2.17. The second-order valence-electron chi connectivity index (χ2n) is 10.2. The van der Waals surface area contributed by atoms with Gasteiger partial charge < -0.3 is 28.5 Å². The third-order valence-electron chi connectivity index (χ3n) is 7.70. The zero-order valence-electron chi connectivity index (χ0n) is 18.3. The van der Waals surface area contributed by atoms with Crippen LogP contribution in [0.5, 0.6) is 0 Å². The molecule has 0 aromatic rings. The summed E-state index contributed by atoms with van der Waals surface area (Å²) in [4.78, 5) is 12.6. The summed E-state index contributed by atoms with van der Waals surface area (Å²) in [5, 5.41) is 10.3. The highest BCUT2D eigenvalue weighted by molar-refractivity contribution is 6.74. The molecule has 7 nitrogen and oxygen atoms in total. The average molecular weight is 417 g/mol. The van der Waals surface area contributed by atoms with Crippen molar-refractivity contribution in [2.24, 2.45) is 5.41 Å². The van der Waals surface area contributed by atoms with E-state index in [4.69, 9.17) is 23.4 Å². The highest BCUT2D eigenvalue weighted by Crippen LogP contribution is 2.66. The Morgan fingerprint density at radius 3 is 2.50 bits per heavy atom. The first-order chi connectivity index (χ1) is 12.9. The molecule has 3 rings (SSSR count). The average Bonchev–Trinajstić information content (AvgIpc) is 3.31. The van der Waals surface area contributed by atoms with Crippen molar-refractivity contribution in [3.63, 3.8) is 0 Å². The molecule has 5 atom stereocenters. The zero-order chi connectivity index (χ0) is 21.0. The van der Waals surface area contributed by atoms with E-state index in [-0.39, 0.29) is 36.9 Å². The summed E-state index contributed by atoms with van der Waals surface area (Å²) in [5.41, 5.74) is -2.17. The first kappa shape index (κ1) is 22.2. The lowest BCUT2D eigenvalue weighted by molar-refractivity contribution is -0.256. The van der Waals surface area contributed by atoms with E-state index >= 15 is 0 Å². The van der Waals surface area contributed by atoms with Gasteiger partial charge in [-0.05, 0) is 31.0 Å². The number of esters is 1. The molecule has 0 aromatic heterocycles. The van der Waals surface area contributed by atoms with Crippen LogP contribution in [0, 0.1) is 5.41 Å². The lowest BCUT2D eigenvalue weighted by Crippen LogP contribution is -2.71. The van der Waals surface area contributed by atoms with Gasteiger partial charge in [-0.25, -0.2) is 0 Å². The molecule has 1 saturated carbocycles. The first-order valence-electron chi connectivity index (χ1n) is 10.1. The van der Waals surface area contributed by atoms with Gasteiger partial charge in [0.1, 0.15) is 18.5 Å². The number of epoxide rings is 1. The molecule has 0 bridgehead atoms. The number of aliphatic hydroxyl groups is 1. The molecular formula is C20H36O7Si. The second kappa shape index (κ2) is 7.03. The molecule has 162 valence electrons. The molecule has 0 unspecified atom stereocenters. The van der Waals surface area contributed by atoms with Crippen molar-refractivity contribution in [1.29, 1.82) is 0 Å². The van der Waals surface area contributed by atoms with Crippen molar-refractivity contribution in [3.05, 3.63) is 0 Å². The Kier molecular flexibility index (Phi) is 5.56. The number of fused-ring (bicyclic) bond motifs is 2. The third kappa shape index (κ3) is 3.08. The summed E-state index contributed by atoms with van der Waals surface area (Å²) >= 11 is 0. The SMILES string of the molecule is COCO[C@H](CO)[C@@]12OC(=O)C[C@]1(C)[C@]1(CC[C@H]2O[Si](C)(C)C(C)(C)C)CO1. The number of carbonyl (C=O) groups is 1. The highest BCUT2D eigenvalue weighted by Gasteiger charge is 2.79. The van der Waals surface area contributed by atoms with Crippen LogP contribution in [0.2, 0.25) is 18.1 Å². The van der Waals surface area contributed by atoms with Gasteiger partial charge in [-0.15, -0.1) is 0 Å². The van der Waals surface area contributed by atoms with Gasteiger partial charge in [0.2, 0.25) is 0 Å². The molecule has 2 saturated heterocycles. The molecular weight excluding hydrogens is 380 g/mol. The second-order valence-corrected chi connectivity index (χ2v) is 15.0. The molecule has 8 heteroatoms. The Labute approximate surface area is 169 Å². The van der Waals surface area contributed by atoms with Crippen molar-refractivity contribution in [3.8, 4) is 0 Å². The standard InChI is InChI=1S/C20H36O7Si/c1-17(2,3)28(6,7)27-14-8-9-19(12-25-19)18(4)10-16(22)26-20(14,18)15(11-21)24-13-23-5/h14-15,21H,8-13H2,1-7H3/t14-,15-,18-,19+,20-/m1/s1. The van der Waals surface area contributed by atoms with E-state index in [1.807, 2.05) is 6.92 Å². The van der Waals surface area contributed by atoms with Gasteiger partial charge in [0.15, 0.2) is 13.9 Å². The number of aliphatic hydroxyl groups excluding tert-OH is 1. The molecule has 0 radical (unpaired) electrons. The van der Waals surface area contributed by atoms with Crippen molar-refractivity contribution in [2.75, 3.05) is 27.1 Å². The topological polar surface area (TPSA) is 86.8 Å². The van der Waals surface area contributed by atoms with Crippen molar-refractivity contribution >= 4 is 14.3 Å². The van der Waals surface area contributed by atoms with Crippen molar-refractivity contribution < 1.29 is 33.3 Å². The van der Waals surface area contributed by atoms with E-state index in [9.17, 15) is 9.90 Å². The maximum absolute atomic E-state index is 12.6. The van der Waals surface area contributed by atoms with Crippen LogP contribution in [0.25, 0.3) is 0 Å². The van der Waals surface area contributed by atoms with Crippen LogP contribution in [0.1, 0.15) is 47.0 Å². The number of methoxy groups -OCH3 is 1. The van der Waals surface area contributed by atoms with Crippen molar-refractivity contribution in [2.45, 2.75) is 88.5 Å². The fourth-order valence-corrected chi connectivity index (χ4v) is 6.23. The largest absolute Gasteiger partial charge is 0.453 e. The highest BCUT2D eigenvalue weighted by atomic mass is 28.4. The van der Waals surface area contributed by atoms with E-state index in [1.54, 1.807) is 0 Å². The molecule has 1 spiro atoms. The van der Waals surface area contributed by atoms with E-state index in [2.05, 4.69) is 33.9 Å². The molecule has 2 aliphatic heterocycles. The minimum Gasteiger partial charge on any atom is -0.453 e. The summed E-state index contributed by atoms with van der Waals surface area (Å²) < 4.78 is 29.8. The smallest absolute Gasteiger partial charge is 0.307 e. The predicted octanol–water partition coefficient (Wildman–Crippen LogP) is 2.61. The van der Waals surface area contributed by atoms with Crippen LogP contribution in [0.15, 0.2) is 0 Å². The van der Waals surface area contributed by atoms with Crippen LogP contribution in [0.3, 0.4) is 0 Å². The Balaban J connectivity index is 2.07. The third-order valence-corrected chi connectivity index (χ3v) is 12.2. The summed E-state index contributed by atoms with van der Waals surface area (Å²) in [6.07, 6.45) is 0.622. The van der Waals surface area contributed by atoms with Crippen molar-refractivity contribution in [1.82, 2.24) is 0 Å². The molecule has 1 N–H and O–H groups in total. The lowest BCUT2D eigenvalue weighted by atomic mass is 9.55. The minimum absolute atomic E-state index is 0.000514.